The van der Waals surface area contributed by atoms with E-state index in [9.17, 15) is 0 Å². The van der Waals surface area contributed by atoms with Crippen LogP contribution in [0.4, 0.5) is 0 Å². The van der Waals surface area contributed by atoms with Gasteiger partial charge in [-0.2, -0.15) is 0 Å². The fraction of sp³-hybridized carbons (Fsp3) is 0.952. The summed E-state index contributed by atoms with van der Waals surface area (Å²) in [5, 5.41) is 11.4. The van der Waals surface area contributed by atoms with E-state index in [1.54, 1.807) is 0 Å². The predicted molar refractivity (Wildman–Crippen MR) is 112 cm³/mol. The Bertz CT molecular complexity index is 430. The van der Waals surface area contributed by atoms with Gasteiger partial charge in [0.05, 0.1) is 0 Å². The molecular formula is C21H39ClN4. The molecule has 0 radical (unpaired) electrons. The highest BCUT2D eigenvalue weighted by molar-refractivity contribution is 6.20. The second-order valence-electron chi connectivity index (χ2n) is 8.59. The maximum atomic E-state index is 6.57. The zero-order valence-corrected chi connectivity index (χ0v) is 17.4. The van der Waals surface area contributed by atoms with Crippen molar-refractivity contribution in [3.8, 4) is 0 Å². The van der Waals surface area contributed by atoms with Gasteiger partial charge < -0.3 is 16.0 Å². The highest BCUT2D eigenvalue weighted by Crippen LogP contribution is 2.35. The van der Waals surface area contributed by atoms with Crippen molar-refractivity contribution in [3.63, 3.8) is 0 Å². The van der Waals surface area contributed by atoms with Gasteiger partial charge in [-0.3, -0.25) is 4.99 Å². The highest BCUT2D eigenvalue weighted by atomic mass is 35.5. The van der Waals surface area contributed by atoms with E-state index < -0.39 is 0 Å². The Morgan fingerprint density at radius 3 is 2.58 bits per heavy atom. The number of aliphatic imine (C=N–C) groups is 1. The van der Waals surface area contributed by atoms with Crippen molar-refractivity contribution in [2.75, 3.05) is 26.8 Å². The van der Waals surface area contributed by atoms with Gasteiger partial charge in [0.25, 0.3) is 0 Å². The third-order valence-electron chi connectivity index (χ3n) is 6.74. The fourth-order valence-corrected chi connectivity index (χ4v) is 5.61. The molecule has 3 N–H and O–H groups in total. The molecule has 4 nitrogen and oxygen atoms in total. The maximum absolute atomic E-state index is 6.57. The Morgan fingerprint density at radius 2 is 1.85 bits per heavy atom. The SMILES string of the molecule is CN=C(C1CCCCC1)C1CC(Cl)CCC1NCNCC1CCCCN1. The molecule has 2 aliphatic carbocycles. The van der Waals surface area contributed by atoms with E-state index in [4.69, 9.17) is 16.6 Å². The molecule has 26 heavy (non-hydrogen) atoms. The molecule has 2 saturated carbocycles. The summed E-state index contributed by atoms with van der Waals surface area (Å²) in [5.41, 5.74) is 1.46. The summed E-state index contributed by atoms with van der Waals surface area (Å²) in [6, 6.07) is 1.17. The van der Waals surface area contributed by atoms with Gasteiger partial charge >= 0.3 is 0 Å². The molecule has 4 unspecified atom stereocenters. The van der Waals surface area contributed by atoms with Gasteiger partial charge in [-0.15, -0.1) is 11.6 Å². The first-order valence-corrected chi connectivity index (χ1v) is 11.5. The van der Waals surface area contributed by atoms with Crippen LogP contribution in [0, 0.1) is 11.8 Å². The first kappa shape index (κ1) is 20.6. The van der Waals surface area contributed by atoms with Crippen molar-refractivity contribution in [2.45, 2.75) is 88.1 Å². The third kappa shape index (κ3) is 5.92. The quantitative estimate of drug-likeness (QED) is 0.272. The lowest BCUT2D eigenvalue weighted by molar-refractivity contribution is 0.298. The summed E-state index contributed by atoms with van der Waals surface area (Å²) in [4.78, 5) is 4.81. The van der Waals surface area contributed by atoms with E-state index in [2.05, 4.69) is 16.0 Å². The van der Waals surface area contributed by atoms with Gasteiger partial charge in [-0.1, -0.05) is 25.7 Å². The maximum Gasteiger partial charge on any atom is 0.0457 e. The molecule has 4 atom stereocenters. The Balaban J connectivity index is 1.50. The number of nitrogens with one attached hydrogen (secondary N) is 3. The lowest BCUT2D eigenvalue weighted by atomic mass is 9.73. The van der Waals surface area contributed by atoms with Crippen molar-refractivity contribution in [2.24, 2.45) is 16.8 Å². The van der Waals surface area contributed by atoms with Crippen molar-refractivity contribution in [1.82, 2.24) is 16.0 Å². The molecular weight excluding hydrogens is 344 g/mol. The van der Waals surface area contributed by atoms with Crippen molar-refractivity contribution in [1.29, 1.82) is 0 Å². The van der Waals surface area contributed by atoms with Crippen LogP contribution >= 0.6 is 11.6 Å². The van der Waals surface area contributed by atoms with Crippen LogP contribution in [0.5, 0.6) is 0 Å². The van der Waals surface area contributed by atoms with Crippen LogP contribution in [-0.4, -0.2) is 50.0 Å². The van der Waals surface area contributed by atoms with Crippen molar-refractivity contribution in [3.05, 3.63) is 0 Å². The summed E-state index contributed by atoms with van der Waals surface area (Å²) in [5.74, 6) is 1.22. The summed E-state index contributed by atoms with van der Waals surface area (Å²) in [7, 11) is 2.01. The van der Waals surface area contributed by atoms with Crippen LogP contribution in [0.15, 0.2) is 4.99 Å². The molecule has 1 saturated heterocycles. The second-order valence-corrected chi connectivity index (χ2v) is 9.21. The zero-order chi connectivity index (χ0) is 18.2. The van der Waals surface area contributed by atoms with Crippen LogP contribution in [0.2, 0.25) is 0 Å². The fourth-order valence-electron chi connectivity index (χ4n) is 5.29. The molecule has 0 spiro atoms. The van der Waals surface area contributed by atoms with Crippen molar-refractivity contribution < 1.29 is 0 Å². The zero-order valence-electron chi connectivity index (χ0n) is 16.6. The van der Waals surface area contributed by atoms with E-state index in [1.807, 2.05) is 7.05 Å². The summed E-state index contributed by atoms with van der Waals surface area (Å²) >= 11 is 6.57. The average molecular weight is 383 g/mol. The molecule has 3 aliphatic rings. The minimum atomic E-state index is 0.317. The Hall–Kier alpha value is -0.160. The predicted octanol–water partition coefficient (Wildman–Crippen LogP) is 3.69. The molecule has 0 amide bonds. The monoisotopic (exact) mass is 382 g/mol. The molecule has 0 aromatic carbocycles. The van der Waals surface area contributed by atoms with E-state index in [1.165, 1.54) is 70.0 Å². The van der Waals surface area contributed by atoms with Gasteiger partial charge in [0.1, 0.15) is 0 Å². The van der Waals surface area contributed by atoms with Gasteiger partial charge in [0.2, 0.25) is 0 Å². The standard InChI is InChI=1S/C21H39ClN4/c1-23-21(16-7-3-2-4-8-16)19-13-17(22)10-11-20(19)26-15-24-14-18-9-5-6-12-25-18/h16-20,24-26H,2-15H2,1H3. The third-order valence-corrected chi connectivity index (χ3v) is 7.14. The molecule has 0 bridgehead atoms. The van der Waals surface area contributed by atoms with Gasteiger partial charge in [0.15, 0.2) is 0 Å². The number of piperidine rings is 1. The van der Waals surface area contributed by atoms with Crippen LogP contribution in [-0.2, 0) is 0 Å². The lowest BCUT2D eigenvalue weighted by Gasteiger charge is -2.39. The molecule has 0 aromatic rings. The van der Waals surface area contributed by atoms with Crippen LogP contribution in [0.1, 0.15) is 70.6 Å². The number of nitrogens with zero attached hydrogens (tertiary/aromatic N) is 1. The normalized spacial score (nSPS) is 34.8. The Kier molecular flexibility index (Phi) is 8.70. The molecule has 1 aliphatic heterocycles. The molecule has 1 heterocycles. The smallest absolute Gasteiger partial charge is 0.0457 e. The minimum Gasteiger partial charge on any atom is -0.313 e. The molecule has 3 rings (SSSR count). The van der Waals surface area contributed by atoms with E-state index in [0.29, 0.717) is 29.3 Å². The lowest BCUT2D eigenvalue weighted by Crippen LogP contribution is -2.50. The van der Waals surface area contributed by atoms with E-state index in [-0.39, 0.29) is 0 Å². The van der Waals surface area contributed by atoms with Crippen LogP contribution in [0.25, 0.3) is 0 Å². The van der Waals surface area contributed by atoms with Gasteiger partial charge in [-0.25, -0.2) is 0 Å². The minimum absolute atomic E-state index is 0.317. The van der Waals surface area contributed by atoms with Gasteiger partial charge in [0, 0.05) is 49.4 Å². The molecule has 3 fully saturated rings. The van der Waals surface area contributed by atoms with Crippen LogP contribution < -0.4 is 16.0 Å². The Labute approximate surface area is 165 Å². The first-order chi connectivity index (χ1) is 12.8. The molecule has 0 aromatic heterocycles. The molecule has 150 valence electrons. The first-order valence-electron chi connectivity index (χ1n) is 11.1. The highest BCUT2D eigenvalue weighted by Gasteiger charge is 2.35. The molecule has 5 heteroatoms. The second kappa shape index (κ2) is 11.0. The summed E-state index contributed by atoms with van der Waals surface area (Å²) < 4.78 is 0. The average Bonchev–Trinajstić information content (AvgIpc) is 2.69. The number of halogens is 1. The number of alkyl halides is 1. The topological polar surface area (TPSA) is 48.5 Å². The summed E-state index contributed by atoms with van der Waals surface area (Å²) in [6.45, 7) is 3.15. The number of hydrogen-bond acceptors (Lipinski definition) is 4. The van der Waals surface area contributed by atoms with Crippen LogP contribution in [0.3, 0.4) is 0 Å². The number of hydrogen-bond donors (Lipinski definition) is 3. The van der Waals surface area contributed by atoms with Gasteiger partial charge in [-0.05, 0) is 57.4 Å². The van der Waals surface area contributed by atoms with Crippen molar-refractivity contribution >= 4 is 17.3 Å². The van der Waals surface area contributed by atoms with E-state index >= 15 is 0 Å². The largest absolute Gasteiger partial charge is 0.313 e. The summed E-state index contributed by atoms with van der Waals surface area (Å²) in [6.07, 6.45) is 14.2. The Morgan fingerprint density at radius 1 is 1.04 bits per heavy atom. The van der Waals surface area contributed by atoms with E-state index in [0.717, 1.165) is 26.1 Å². The number of rotatable bonds is 7.